The second kappa shape index (κ2) is 5.99. The van der Waals surface area contributed by atoms with E-state index in [0.29, 0.717) is 6.42 Å². The van der Waals surface area contributed by atoms with E-state index in [4.69, 9.17) is 0 Å². The molecule has 1 rings (SSSR count). The minimum atomic E-state index is 0.167. The third kappa shape index (κ3) is 3.83. The van der Waals surface area contributed by atoms with Gasteiger partial charge < -0.3 is 0 Å². The summed E-state index contributed by atoms with van der Waals surface area (Å²) in [4.78, 5) is 12.0. The molecule has 0 unspecified atom stereocenters. The number of hydrogen-bond donors (Lipinski definition) is 0. The summed E-state index contributed by atoms with van der Waals surface area (Å²) in [6.07, 6.45) is 3.25. The van der Waals surface area contributed by atoms with Crippen molar-refractivity contribution in [2.75, 3.05) is 0 Å². The molecular weight excluding hydrogens is 220 g/mol. The highest BCUT2D eigenvalue weighted by molar-refractivity contribution is 5.96. The molecule has 0 aliphatic carbocycles. The van der Waals surface area contributed by atoms with Gasteiger partial charge in [0.15, 0.2) is 5.78 Å². The average Bonchev–Trinajstić information content (AvgIpc) is 2.30. The number of ketones is 1. The van der Waals surface area contributed by atoms with Crippen molar-refractivity contribution in [2.24, 2.45) is 0 Å². The lowest BCUT2D eigenvalue weighted by molar-refractivity contribution is -0.115. The van der Waals surface area contributed by atoms with Crippen molar-refractivity contribution in [3.8, 4) is 0 Å². The van der Waals surface area contributed by atoms with Crippen LogP contribution in [0.3, 0.4) is 0 Å². The van der Waals surface area contributed by atoms with Gasteiger partial charge in [-0.2, -0.15) is 0 Å². The molecule has 0 amide bonds. The van der Waals surface area contributed by atoms with Gasteiger partial charge >= 0.3 is 0 Å². The van der Waals surface area contributed by atoms with Crippen molar-refractivity contribution in [2.45, 2.75) is 52.9 Å². The first-order valence-electron chi connectivity index (χ1n) is 6.66. The highest BCUT2D eigenvalue weighted by atomic mass is 16.1. The molecule has 1 nitrogen and oxygen atoms in total. The molecular formula is C17H24O. The van der Waals surface area contributed by atoms with Crippen LogP contribution in [-0.4, -0.2) is 5.78 Å². The van der Waals surface area contributed by atoms with Crippen LogP contribution in [0.25, 0.3) is 0 Å². The predicted molar refractivity (Wildman–Crippen MR) is 77.9 cm³/mol. The molecule has 1 aromatic carbocycles. The first-order chi connectivity index (χ1) is 8.38. The number of allylic oxidation sites excluding steroid dienone is 2. The number of benzene rings is 1. The quantitative estimate of drug-likeness (QED) is 0.715. The van der Waals surface area contributed by atoms with E-state index in [9.17, 15) is 4.79 Å². The van der Waals surface area contributed by atoms with Crippen molar-refractivity contribution < 1.29 is 4.79 Å². The van der Waals surface area contributed by atoms with Crippen LogP contribution in [0.4, 0.5) is 0 Å². The van der Waals surface area contributed by atoms with Gasteiger partial charge in [0.25, 0.3) is 0 Å². The van der Waals surface area contributed by atoms with Crippen LogP contribution in [0.1, 0.15) is 52.2 Å². The fraction of sp³-hybridized carbons (Fsp3) is 0.471. The highest BCUT2D eigenvalue weighted by Crippen LogP contribution is 2.22. The highest BCUT2D eigenvalue weighted by Gasteiger charge is 2.13. The lowest BCUT2D eigenvalue weighted by Crippen LogP contribution is -2.11. The van der Waals surface area contributed by atoms with Gasteiger partial charge in [-0.1, -0.05) is 58.0 Å². The molecule has 0 fully saturated rings. The van der Waals surface area contributed by atoms with E-state index in [2.05, 4.69) is 45.0 Å². The Morgan fingerprint density at radius 3 is 2.11 bits per heavy atom. The Kier molecular flexibility index (Phi) is 4.89. The van der Waals surface area contributed by atoms with Crippen molar-refractivity contribution in [1.29, 1.82) is 0 Å². The molecule has 0 radical (unpaired) electrons. The summed E-state index contributed by atoms with van der Waals surface area (Å²) in [6, 6.07) is 8.40. The number of Topliss-reactive ketones (excluding diaryl/α,β-unsaturated/α-hetero) is 1. The lowest BCUT2D eigenvalue weighted by atomic mass is 9.86. The first kappa shape index (κ1) is 14.7. The summed E-state index contributed by atoms with van der Waals surface area (Å²) in [5.41, 5.74) is 3.50. The summed E-state index contributed by atoms with van der Waals surface area (Å²) >= 11 is 0. The Balaban J connectivity index is 2.79. The summed E-state index contributed by atoms with van der Waals surface area (Å²) in [7, 11) is 0. The minimum Gasteiger partial charge on any atom is -0.294 e. The van der Waals surface area contributed by atoms with Crippen molar-refractivity contribution in [1.82, 2.24) is 0 Å². The lowest BCUT2D eigenvalue weighted by Gasteiger charge is -2.19. The molecule has 98 valence electrons. The molecule has 0 atom stereocenters. The van der Waals surface area contributed by atoms with Crippen molar-refractivity contribution >= 4 is 5.78 Å². The van der Waals surface area contributed by atoms with Gasteiger partial charge in [0, 0.05) is 6.42 Å². The maximum Gasteiger partial charge on any atom is 0.162 e. The molecule has 0 saturated carbocycles. The van der Waals surface area contributed by atoms with Gasteiger partial charge in [-0.15, -0.1) is 0 Å². The maximum atomic E-state index is 12.0. The van der Waals surface area contributed by atoms with Crippen molar-refractivity contribution in [3.05, 3.63) is 47.0 Å². The molecule has 0 aliphatic rings. The molecule has 0 saturated heterocycles. The second-order valence-corrected chi connectivity index (χ2v) is 5.71. The summed E-state index contributed by atoms with van der Waals surface area (Å²) in [6.45, 7) is 10.5. The minimum absolute atomic E-state index is 0.167. The number of hydrogen-bond acceptors (Lipinski definition) is 1. The Bertz CT molecular complexity index is 430. The average molecular weight is 244 g/mol. The van der Waals surface area contributed by atoms with Crippen LogP contribution < -0.4 is 0 Å². The van der Waals surface area contributed by atoms with Gasteiger partial charge in [-0.25, -0.2) is 0 Å². The summed E-state index contributed by atoms with van der Waals surface area (Å²) in [5, 5.41) is 0. The summed E-state index contributed by atoms with van der Waals surface area (Å²) < 4.78 is 0. The zero-order valence-corrected chi connectivity index (χ0v) is 12.2. The topological polar surface area (TPSA) is 17.1 Å². The normalized spacial score (nSPS) is 12.6. The van der Waals surface area contributed by atoms with E-state index in [1.54, 1.807) is 0 Å². The zero-order chi connectivity index (χ0) is 13.8. The van der Waals surface area contributed by atoms with E-state index in [1.807, 2.05) is 19.9 Å². The van der Waals surface area contributed by atoms with E-state index >= 15 is 0 Å². The Hall–Kier alpha value is -1.37. The van der Waals surface area contributed by atoms with E-state index < -0.39 is 0 Å². The standard InChI is InChI=1S/C17H24O/c1-6-14(7-2)16(18)12-13-8-10-15(11-9-13)17(3,4)5/h6,8-11H,7,12H2,1-5H3/b14-6-. The second-order valence-electron chi connectivity index (χ2n) is 5.71. The Morgan fingerprint density at radius 1 is 1.17 bits per heavy atom. The van der Waals surface area contributed by atoms with E-state index in [1.165, 1.54) is 5.56 Å². The Labute approximate surface area is 111 Å². The van der Waals surface area contributed by atoms with Crippen molar-refractivity contribution in [3.63, 3.8) is 0 Å². The van der Waals surface area contributed by atoms with Gasteiger partial charge in [0.05, 0.1) is 0 Å². The molecule has 1 aromatic rings. The molecule has 0 heterocycles. The molecule has 0 bridgehead atoms. The number of carbonyl (C=O) groups excluding carboxylic acids is 1. The number of carbonyl (C=O) groups is 1. The molecule has 0 aliphatic heterocycles. The first-order valence-corrected chi connectivity index (χ1v) is 6.66. The molecule has 0 N–H and O–H groups in total. The summed E-state index contributed by atoms with van der Waals surface area (Å²) in [5.74, 6) is 0.239. The predicted octanol–water partition coefficient (Wildman–Crippen LogP) is 4.45. The van der Waals surface area contributed by atoms with Gasteiger partial charge in [0.2, 0.25) is 0 Å². The van der Waals surface area contributed by atoms with Gasteiger partial charge in [-0.3, -0.25) is 4.79 Å². The van der Waals surface area contributed by atoms with E-state index in [-0.39, 0.29) is 11.2 Å². The fourth-order valence-electron chi connectivity index (χ4n) is 1.98. The van der Waals surface area contributed by atoms with Crippen LogP contribution in [0, 0.1) is 0 Å². The van der Waals surface area contributed by atoms with Crippen LogP contribution in [-0.2, 0) is 16.6 Å². The van der Waals surface area contributed by atoms with E-state index in [0.717, 1.165) is 17.6 Å². The molecule has 1 heteroatoms. The monoisotopic (exact) mass is 244 g/mol. The molecule has 0 aromatic heterocycles. The third-order valence-electron chi connectivity index (χ3n) is 3.27. The zero-order valence-electron chi connectivity index (χ0n) is 12.2. The van der Waals surface area contributed by atoms with Crippen LogP contribution in [0.2, 0.25) is 0 Å². The smallest absolute Gasteiger partial charge is 0.162 e. The SMILES string of the molecule is C/C=C(/CC)C(=O)Cc1ccc(C(C)(C)C)cc1. The Morgan fingerprint density at radius 2 is 1.72 bits per heavy atom. The number of rotatable bonds is 4. The molecule has 0 spiro atoms. The largest absolute Gasteiger partial charge is 0.294 e. The fourth-order valence-corrected chi connectivity index (χ4v) is 1.98. The van der Waals surface area contributed by atoms with Crippen LogP contribution >= 0.6 is 0 Å². The van der Waals surface area contributed by atoms with Gasteiger partial charge in [-0.05, 0) is 35.5 Å². The van der Waals surface area contributed by atoms with Gasteiger partial charge in [0.1, 0.15) is 0 Å². The molecule has 18 heavy (non-hydrogen) atoms. The maximum absolute atomic E-state index is 12.0. The third-order valence-corrected chi connectivity index (χ3v) is 3.27. The van der Waals surface area contributed by atoms with Crippen LogP contribution in [0.5, 0.6) is 0 Å². The van der Waals surface area contributed by atoms with Crippen LogP contribution in [0.15, 0.2) is 35.9 Å².